The molecule has 5 nitrogen and oxygen atoms in total. The Bertz CT molecular complexity index is 649. The maximum absolute atomic E-state index is 13.6. The number of nitrogens with zero attached hydrogens (tertiary/aromatic N) is 4. The minimum atomic E-state index is -0.478. The second-order valence-electron chi connectivity index (χ2n) is 4.76. The van der Waals surface area contributed by atoms with Gasteiger partial charge in [-0.3, -0.25) is 4.90 Å². The van der Waals surface area contributed by atoms with Gasteiger partial charge in [0, 0.05) is 49.6 Å². The zero-order valence-corrected chi connectivity index (χ0v) is 11.4. The summed E-state index contributed by atoms with van der Waals surface area (Å²) in [4.78, 5) is 14.0. The quantitative estimate of drug-likeness (QED) is 0.855. The van der Waals surface area contributed by atoms with Crippen LogP contribution in [0.15, 0.2) is 18.5 Å². The van der Waals surface area contributed by atoms with Crippen molar-refractivity contribution in [2.45, 2.75) is 19.5 Å². The van der Waals surface area contributed by atoms with E-state index >= 15 is 0 Å². The van der Waals surface area contributed by atoms with Crippen LogP contribution in [-0.4, -0.2) is 26.4 Å². The van der Waals surface area contributed by atoms with Crippen molar-refractivity contribution in [1.29, 1.82) is 0 Å². The summed E-state index contributed by atoms with van der Waals surface area (Å²) in [5.41, 5.74) is 8.07. The highest BCUT2D eigenvalue weighted by Gasteiger charge is 2.19. The first-order valence-corrected chi connectivity index (χ1v) is 6.62. The Balaban J connectivity index is 1.77. The smallest absolute Gasteiger partial charge is 0.220 e. The van der Waals surface area contributed by atoms with Gasteiger partial charge in [-0.2, -0.15) is 4.39 Å². The highest BCUT2D eigenvalue weighted by molar-refractivity contribution is 6.30. The predicted octanol–water partition coefficient (Wildman–Crippen LogP) is 1.80. The van der Waals surface area contributed by atoms with Crippen LogP contribution in [-0.2, 0) is 19.5 Å². The summed E-state index contributed by atoms with van der Waals surface area (Å²) >= 11 is 5.85. The van der Waals surface area contributed by atoms with E-state index in [1.54, 1.807) is 12.3 Å². The molecule has 0 bridgehead atoms. The molecule has 104 valence electrons. The lowest BCUT2D eigenvalue weighted by Crippen LogP contribution is -2.31. The summed E-state index contributed by atoms with van der Waals surface area (Å²) < 4.78 is 13.6. The summed E-state index contributed by atoms with van der Waals surface area (Å²) in [6.45, 7) is 1.92. The molecule has 0 aliphatic carbocycles. The van der Waals surface area contributed by atoms with E-state index in [0.29, 0.717) is 29.6 Å². The summed E-state index contributed by atoms with van der Waals surface area (Å²) in [5, 5.41) is 0.440. The van der Waals surface area contributed by atoms with Gasteiger partial charge in [-0.1, -0.05) is 11.6 Å². The van der Waals surface area contributed by atoms with E-state index in [1.165, 1.54) is 6.20 Å². The van der Waals surface area contributed by atoms with Crippen molar-refractivity contribution in [3.05, 3.63) is 46.3 Å². The molecule has 2 aromatic rings. The van der Waals surface area contributed by atoms with Crippen molar-refractivity contribution >= 4 is 17.5 Å². The molecular formula is C13H13ClFN5. The van der Waals surface area contributed by atoms with Crippen LogP contribution >= 0.6 is 11.6 Å². The lowest BCUT2D eigenvalue weighted by atomic mass is 10.1. The molecule has 0 unspecified atom stereocenters. The van der Waals surface area contributed by atoms with Gasteiger partial charge in [0.25, 0.3) is 0 Å². The molecule has 2 aromatic heterocycles. The number of anilines is 1. The number of nitrogens with two attached hydrogens (primary N) is 1. The van der Waals surface area contributed by atoms with Crippen molar-refractivity contribution in [1.82, 2.24) is 19.9 Å². The molecule has 0 saturated heterocycles. The SMILES string of the molecule is Nc1ncc2c(n1)CCN(Cc1cc(Cl)cnc1F)C2. The number of aromatic nitrogens is 3. The fourth-order valence-electron chi connectivity index (χ4n) is 2.34. The normalized spacial score (nSPS) is 15.1. The fourth-order valence-corrected chi connectivity index (χ4v) is 2.52. The number of rotatable bonds is 2. The molecule has 1 aliphatic rings. The van der Waals surface area contributed by atoms with Crippen molar-refractivity contribution in [3.63, 3.8) is 0 Å². The first-order valence-electron chi connectivity index (χ1n) is 6.24. The van der Waals surface area contributed by atoms with E-state index in [-0.39, 0.29) is 0 Å². The highest BCUT2D eigenvalue weighted by atomic mass is 35.5. The number of fused-ring (bicyclic) bond motifs is 1. The lowest BCUT2D eigenvalue weighted by molar-refractivity contribution is 0.239. The van der Waals surface area contributed by atoms with E-state index in [9.17, 15) is 4.39 Å². The Labute approximate surface area is 120 Å². The van der Waals surface area contributed by atoms with Crippen LogP contribution in [0.5, 0.6) is 0 Å². The zero-order valence-electron chi connectivity index (χ0n) is 10.7. The molecular weight excluding hydrogens is 281 g/mol. The number of nitrogen functional groups attached to an aromatic ring is 1. The van der Waals surface area contributed by atoms with Gasteiger partial charge in [0.2, 0.25) is 11.9 Å². The van der Waals surface area contributed by atoms with Gasteiger partial charge in [0.15, 0.2) is 0 Å². The van der Waals surface area contributed by atoms with Crippen LogP contribution in [0.25, 0.3) is 0 Å². The number of hydrogen-bond donors (Lipinski definition) is 1. The second-order valence-corrected chi connectivity index (χ2v) is 5.20. The molecule has 0 spiro atoms. The topological polar surface area (TPSA) is 67.9 Å². The maximum Gasteiger partial charge on any atom is 0.220 e. The largest absolute Gasteiger partial charge is 0.368 e. The van der Waals surface area contributed by atoms with Crippen LogP contribution in [0.3, 0.4) is 0 Å². The third-order valence-electron chi connectivity index (χ3n) is 3.30. The molecule has 0 saturated carbocycles. The fraction of sp³-hybridized carbons (Fsp3) is 0.308. The highest BCUT2D eigenvalue weighted by Crippen LogP contribution is 2.20. The molecule has 0 amide bonds. The zero-order chi connectivity index (χ0) is 14.1. The molecule has 0 radical (unpaired) electrons. The molecule has 20 heavy (non-hydrogen) atoms. The lowest BCUT2D eigenvalue weighted by Gasteiger charge is -2.27. The van der Waals surface area contributed by atoms with Crippen LogP contribution < -0.4 is 5.73 Å². The van der Waals surface area contributed by atoms with Crippen LogP contribution in [0.1, 0.15) is 16.8 Å². The van der Waals surface area contributed by atoms with Gasteiger partial charge in [-0.25, -0.2) is 15.0 Å². The molecule has 3 rings (SSSR count). The van der Waals surface area contributed by atoms with Gasteiger partial charge in [-0.15, -0.1) is 0 Å². The third kappa shape index (κ3) is 2.71. The molecule has 2 N–H and O–H groups in total. The average molecular weight is 294 g/mol. The van der Waals surface area contributed by atoms with Crippen molar-refractivity contribution in [3.8, 4) is 0 Å². The first kappa shape index (κ1) is 13.2. The minimum Gasteiger partial charge on any atom is -0.368 e. The Hall–Kier alpha value is -1.79. The van der Waals surface area contributed by atoms with E-state index < -0.39 is 5.95 Å². The standard InChI is InChI=1S/C13H13ClFN5/c14-10-3-8(12(15)17-5-10)6-20-2-1-11-9(7-20)4-18-13(16)19-11/h3-5H,1-2,6-7H2,(H2,16,18,19). The molecule has 7 heteroatoms. The van der Waals surface area contributed by atoms with Crippen molar-refractivity contribution < 1.29 is 4.39 Å². The van der Waals surface area contributed by atoms with Gasteiger partial charge < -0.3 is 5.73 Å². The minimum absolute atomic E-state index is 0.294. The van der Waals surface area contributed by atoms with Crippen molar-refractivity contribution in [2.75, 3.05) is 12.3 Å². The molecule has 3 heterocycles. The van der Waals surface area contributed by atoms with E-state index in [2.05, 4.69) is 19.9 Å². The molecule has 0 fully saturated rings. The Morgan fingerprint density at radius 3 is 3.05 bits per heavy atom. The number of pyridine rings is 1. The van der Waals surface area contributed by atoms with Crippen LogP contribution in [0.2, 0.25) is 5.02 Å². The summed E-state index contributed by atoms with van der Waals surface area (Å²) in [6, 6.07) is 1.61. The predicted molar refractivity (Wildman–Crippen MR) is 73.5 cm³/mol. The Morgan fingerprint density at radius 1 is 1.35 bits per heavy atom. The van der Waals surface area contributed by atoms with Crippen LogP contribution in [0, 0.1) is 5.95 Å². The van der Waals surface area contributed by atoms with Crippen LogP contribution in [0.4, 0.5) is 10.3 Å². The Kier molecular flexibility index (Phi) is 3.50. The first-order chi connectivity index (χ1) is 9.61. The van der Waals surface area contributed by atoms with Crippen molar-refractivity contribution in [2.24, 2.45) is 0 Å². The van der Waals surface area contributed by atoms with E-state index in [4.69, 9.17) is 17.3 Å². The van der Waals surface area contributed by atoms with Gasteiger partial charge in [0.1, 0.15) is 0 Å². The van der Waals surface area contributed by atoms with E-state index in [1.807, 2.05) is 0 Å². The monoisotopic (exact) mass is 293 g/mol. The number of hydrogen-bond acceptors (Lipinski definition) is 5. The third-order valence-corrected chi connectivity index (χ3v) is 3.51. The molecule has 0 atom stereocenters. The maximum atomic E-state index is 13.6. The summed E-state index contributed by atoms with van der Waals surface area (Å²) in [5.74, 6) is -0.184. The Morgan fingerprint density at radius 2 is 2.20 bits per heavy atom. The van der Waals surface area contributed by atoms with Gasteiger partial charge in [-0.05, 0) is 6.07 Å². The van der Waals surface area contributed by atoms with E-state index in [0.717, 1.165) is 24.2 Å². The summed E-state index contributed by atoms with van der Waals surface area (Å²) in [7, 11) is 0. The average Bonchev–Trinajstić information content (AvgIpc) is 2.43. The van der Waals surface area contributed by atoms with Gasteiger partial charge in [0.05, 0.1) is 10.7 Å². The molecule has 0 aromatic carbocycles. The van der Waals surface area contributed by atoms with Gasteiger partial charge >= 0.3 is 0 Å². The summed E-state index contributed by atoms with van der Waals surface area (Å²) in [6.07, 6.45) is 3.82. The second kappa shape index (κ2) is 5.30. The molecule has 1 aliphatic heterocycles. The number of halogens is 2.